The lowest BCUT2D eigenvalue weighted by atomic mass is 10.3. The van der Waals surface area contributed by atoms with Gasteiger partial charge in [0, 0.05) is 26.0 Å². The molecule has 0 amide bonds. The molecule has 14 heavy (non-hydrogen) atoms. The molecule has 0 N–H and O–H groups in total. The van der Waals surface area contributed by atoms with Crippen molar-refractivity contribution in [3.63, 3.8) is 0 Å². The maximum Gasteiger partial charge on any atom is 0.379 e. The molecule has 0 bridgehead atoms. The molecule has 1 rings (SSSR count). The molecule has 0 aliphatic carbocycles. The van der Waals surface area contributed by atoms with Crippen molar-refractivity contribution in [1.29, 1.82) is 0 Å². The summed E-state index contributed by atoms with van der Waals surface area (Å²) in [5, 5.41) is 0. The van der Waals surface area contributed by atoms with E-state index in [1.54, 1.807) is 0 Å². The third kappa shape index (κ3) is 4.39. The van der Waals surface area contributed by atoms with Crippen molar-refractivity contribution >= 4 is 0 Å². The summed E-state index contributed by atoms with van der Waals surface area (Å²) in [5.41, 5.74) is 0. The number of halogens is 3. The highest BCUT2D eigenvalue weighted by Gasteiger charge is 2.18. The van der Waals surface area contributed by atoms with Gasteiger partial charge in [0.15, 0.2) is 0 Å². The van der Waals surface area contributed by atoms with Crippen LogP contribution >= 0.6 is 0 Å². The summed E-state index contributed by atoms with van der Waals surface area (Å²) in [7, 11) is 2.13. The van der Waals surface area contributed by atoms with Gasteiger partial charge in [-0.3, -0.25) is 0 Å². The Labute approximate surface area is 83.0 Å². The lowest BCUT2D eigenvalue weighted by Crippen LogP contribution is -2.35. The van der Waals surface area contributed by atoms with Crippen LogP contribution in [-0.4, -0.2) is 36.2 Å². The second kappa shape index (κ2) is 6.56. The Bertz CT molecular complexity index is 171. The van der Waals surface area contributed by atoms with E-state index in [1.165, 1.54) is 6.42 Å². The Balaban J connectivity index is 0.000000364. The maximum atomic E-state index is 9.67. The predicted molar refractivity (Wildman–Crippen MR) is 50.5 cm³/mol. The molecule has 0 fully saturated rings. The summed E-state index contributed by atoms with van der Waals surface area (Å²) in [6.45, 7) is 1.85. The first-order valence-corrected chi connectivity index (χ1v) is 4.61. The van der Waals surface area contributed by atoms with Gasteiger partial charge < -0.3 is 9.80 Å². The summed E-state index contributed by atoms with van der Waals surface area (Å²) in [6, 6.07) is 0. The smallest absolute Gasteiger partial charge is 0.359 e. The van der Waals surface area contributed by atoms with Gasteiger partial charge in [0.25, 0.3) is 0 Å². The highest BCUT2D eigenvalue weighted by molar-refractivity contribution is 4.94. The minimum Gasteiger partial charge on any atom is -0.359 e. The molecule has 1 atom stereocenters. The van der Waals surface area contributed by atoms with Gasteiger partial charge >= 0.3 is 6.68 Å². The molecular formula is C9H17F3N2. The average molecular weight is 210 g/mol. The minimum atomic E-state index is -3.67. The number of hydrogen-bond donors (Lipinski definition) is 0. The van der Waals surface area contributed by atoms with Gasteiger partial charge in [-0.25, -0.2) is 0 Å². The van der Waals surface area contributed by atoms with E-state index in [9.17, 15) is 13.2 Å². The van der Waals surface area contributed by atoms with Crippen molar-refractivity contribution in [2.75, 3.05) is 13.6 Å². The average Bonchev–Trinajstić information content (AvgIpc) is 2.44. The second-order valence-corrected chi connectivity index (χ2v) is 2.93. The van der Waals surface area contributed by atoms with Crippen LogP contribution in [-0.2, 0) is 0 Å². The van der Waals surface area contributed by atoms with E-state index in [-0.39, 0.29) is 0 Å². The fourth-order valence-electron chi connectivity index (χ4n) is 1.46. The van der Waals surface area contributed by atoms with Gasteiger partial charge in [0.1, 0.15) is 6.17 Å². The molecule has 2 nitrogen and oxygen atoms in total. The Morgan fingerprint density at radius 2 is 1.71 bits per heavy atom. The molecule has 0 spiro atoms. The first-order chi connectivity index (χ1) is 6.52. The van der Waals surface area contributed by atoms with Crippen molar-refractivity contribution in [3.8, 4) is 0 Å². The highest BCUT2D eigenvalue weighted by Crippen LogP contribution is 2.15. The molecule has 1 aliphatic heterocycles. The zero-order valence-electron chi connectivity index (χ0n) is 8.75. The summed E-state index contributed by atoms with van der Waals surface area (Å²) >= 11 is 0. The molecule has 0 radical (unpaired) electrons. The van der Waals surface area contributed by atoms with Gasteiger partial charge in [-0.2, -0.15) is 13.2 Å². The Morgan fingerprint density at radius 3 is 2.00 bits per heavy atom. The van der Waals surface area contributed by atoms with Crippen LogP contribution in [0.5, 0.6) is 0 Å². The van der Waals surface area contributed by atoms with Crippen LogP contribution in [0.1, 0.15) is 20.3 Å². The Hall–Kier alpha value is -0.870. The summed E-state index contributed by atoms with van der Waals surface area (Å²) < 4.78 is 29.0. The maximum absolute atomic E-state index is 9.67. The topological polar surface area (TPSA) is 6.48 Å². The van der Waals surface area contributed by atoms with Crippen molar-refractivity contribution in [3.05, 3.63) is 12.4 Å². The van der Waals surface area contributed by atoms with E-state index in [1.807, 2.05) is 0 Å². The molecule has 0 saturated heterocycles. The largest absolute Gasteiger partial charge is 0.379 e. The van der Waals surface area contributed by atoms with Crippen molar-refractivity contribution in [2.45, 2.75) is 33.1 Å². The van der Waals surface area contributed by atoms with Crippen molar-refractivity contribution < 1.29 is 13.2 Å². The van der Waals surface area contributed by atoms with E-state index < -0.39 is 6.68 Å². The summed E-state index contributed by atoms with van der Waals surface area (Å²) in [4.78, 5) is 4.60. The molecule has 0 aromatic rings. The number of alkyl halides is 3. The van der Waals surface area contributed by atoms with Crippen LogP contribution < -0.4 is 0 Å². The molecule has 0 saturated carbocycles. The Kier molecular flexibility index (Phi) is 6.16. The molecule has 0 aromatic heterocycles. The molecule has 5 heteroatoms. The molecular weight excluding hydrogens is 193 g/mol. The van der Waals surface area contributed by atoms with Crippen LogP contribution in [0.4, 0.5) is 13.2 Å². The molecule has 1 heterocycles. The zero-order chi connectivity index (χ0) is 11.1. The molecule has 0 aromatic carbocycles. The second-order valence-electron chi connectivity index (χ2n) is 2.93. The number of nitrogens with zero attached hydrogens (tertiary/aromatic N) is 2. The van der Waals surface area contributed by atoms with Gasteiger partial charge in [0.05, 0.1) is 0 Å². The van der Waals surface area contributed by atoms with Gasteiger partial charge in [0.2, 0.25) is 0 Å². The van der Waals surface area contributed by atoms with Gasteiger partial charge in [-0.15, -0.1) is 0 Å². The SMILES string of the molecule is CCC1N(C)C=CN1CC.FC(F)F. The van der Waals surface area contributed by atoms with Crippen molar-refractivity contribution in [2.24, 2.45) is 0 Å². The minimum absolute atomic E-state index is 0.602. The van der Waals surface area contributed by atoms with Gasteiger partial charge in [-0.1, -0.05) is 6.92 Å². The third-order valence-electron chi connectivity index (χ3n) is 2.08. The first-order valence-electron chi connectivity index (χ1n) is 4.61. The van der Waals surface area contributed by atoms with Crippen molar-refractivity contribution in [1.82, 2.24) is 9.80 Å². The molecule has 1 unspecified atom stereocenters. The number of hydrogen-bond acceptors (Lipinski definition) is 2. The van der Waals surface area contributed by atoms with Crippen LogP contribution in [0.25, 0.3) is 0 Å². The van der Waals surface area contributed by atoms with Gasteiger partial charge in [-0.05, 0) is 13.3 Å². The van der Waals surface area contributed by atoms with Crippen LogP contribution in [0.2, 0.25) is 0 Å². The summed E-state index contributed by atoms with van der Waals surface area (Å²) in [6.07, 6.45) is 6.09. The quantitative estimate of drug-likeness (QED) is 0.691. The molecule has 1 aliphatic rings. The van der Waals surface area contributed by atoms with E-state index in [2.05, 4.69) is 43.1 Å². The predicted octanol–water partition coefficient (Wildman–Crippen LogP) is 2.64. The summed E-state index contributed by atoms with van der Waals surface area (Å²) in [5.74, 6) is 0. The third-order valence-corrected chi connectivity index (χ3v) is 2.08. The standard InChI is InChI=1S/C8H16N2.CHF3/c1-4-8-9(3)6-7-10(8)5-2;2-1(3)4/h6-8H,4-5H2,1-3H3;1H. The Morgan fingerprint density at radius 1 is 1.21 bits per heavy atom. The lowest BCUT2D eigenvalue weighted by Gasteiger charge is -2.28. The molecule has 84 valence electrons. The zero-order valence-corrected chi connectivity index (χ0v) is 8.75. The van der Waals surface area contributed by atoms with Crippen LogP contribution in [0.3, 0.4) is 0 Å². The van der Waals surface area contributed by atoms with E-state index in [0.717, 1.165) is 6.54 Å². The highest BCUT2D eigenvalue weighted by atomic mass is 19.4. The van der Waals surface area contributed by atoms with Crippen LogP contribution in [0.15, 0.2) is 12.4 Å². The number of rotatable bonds is 2. The monoisotopic (exact) mass is 210 g/mol. The first kappa shape index (κ1) is 13.1. The lowest BCUT2D eigenvalue weighted by molar-refractivity contribution is 0.00819. The van der Waals surface area contributed by atoms with E-state index in [0.29, 0.717) is 6.17 Å². The van der Waals surface area contributed by atoms with Crippen LogP contribution in [0, 0.1) is 0 Å². The fraction of sp³-hybridized carbons (Fsp3) is 0.778. The normalized spacial score (nSPS) is 20.1. The van der Waals surface area contributed by atoms with E-state index >= 15 is 0 Å². The van der Waals surface area contributed by atoms with E-state index in [4.69, 9.17) is 0 Å². The fourth-order valence-corrected chi connectivity index (χ4v) is 1.46.